The molecule has 0 bridgehead atoms. The minimum Gasteiger partial charge on any atom is -0.462 e. The van der Waals surface area contributed by atoms with Crippen LogP contribution in [0.5, 0.6) is 0 Å². The van der Waals surface area contributed by atoms with Gasteiger partial charge in [0.15, 0.2) is 0 Å². The Morgan fingerprint density at radius 3 is 2.41 bits per heavy atom. The number of hydrogen-bond donors (Lipinski definition) is 2. The zero-order valence-corrected chi connectivity index (χ0v) is 20.3. The predicted molar refractivity (Wildman–Crippen MR) is 131 cm³/mol. The number of amides is 2. The lowest BCUT2D eigenvalue weighted by Gasteiger charge is -2.21. The molecule has 2 N–H and O–H groups in total. The van der Waals surface area contributed by atoms with E-state index in [1.165, 1.54) is 11.3 Å². The summed E-state index contributed by atoms with van der Waals surface area (Å²) >= 11 is 1.41. The second-order valence-electron chi connectivity index (χ2n) is 9.52. The molecule has 0 atom stereocenters. The first-order valence-electron chi connectivity index (χ1n) is 12.2. The first-order chi connectivity index (χ1) is 16.5. The molecular weight excluding hydrogens is 450 g/mol. The van der Waals surface area contributed by atoms with E-state index in [0.717, 1.165) is 49.7 Å². The molecule has 3 fully saturated rings. The molecule has 2 amide bonds. The third kappa shape index (κ3) is 5.67. The number of carbonyl (C=O) groups excluding carboxylic acids is 3. The van der Waals surface area contributed by atoms with Gasteiger partial charge in [-0.25, -0.2) is 4.79 Å². The van der Waals surface area contributed by atoms with Gasteiger partial charge < -0.3 is 15.4 Å². The maximum atomic E-state index is 13.0. The molecule has 5 rings (SSSR count). The number of nitrogens with one attached hydrogen (secondary N) is 2. The Hall–Kier alpha value is -2.71. The molecular formula is C26H31N3O4S. The molecule has 1 aromatic heterocycles. The topological polar surface area (TPSA) is 87.7 Å². The van der Waals surface area contributed by atoms with Gasteiger partial charge in [0.2, 0.25) is 5.91 Å². The van der Waals surface area contributed by atoms with Crippen molar-refractivity contribution < 1.29 is 19.1 Å². The molecule has 0 saturated heterocycles. The number of anilines is 1. The fourth-order valence-corrected chi connectivity index (χ4v) is 5.22. The largest absolute Gasteiger partial charge is 0.462 e. The molecule has 1 aromatic carbocycles. The van der Waals surface area contributed by atoms with E-state index in [-0.39, 0.29) is 24.3 Å². The predicted octanol–water partition coefficient (Wildman–Crippen LogP) is 4.30. The van der Waals surface area contributed by atoms with E-state index >= 15 is 0 Å². The third-order valence-electron chi connectivity index (χ3n) is 6.49. The average Bonchev–Trinajstić information content (AvgIpc) is 3.66. The van der Waals surface area contributed by atoms with Crippen molar-refractivity contribution in [2.45, 2.75) is 70.0 Å². The quantitative estimate of drug-likeness (QED) is 0.468. The number of nitrogens with zero attached hydrogens (tertiary/aromatic N) is 1. The standard InChI is InChI=1S/C26H31N3O4S/c1-2-33-26(32)23-21(17-7-8-17)15-34-25(23)28-22(30)14-29(20-11-12-20)13-16-3-5-18(6-4-16)24(31)27-19-9-10-19/h3-6,15,17,19-20H,2,7-14H2,1H3,(H,27,31)(H,28,30). The summed E-state index contributed by atoms with van der Waals surface area (Å²) in [4.78, 5) is 39.9. The highest BCUT2D eigenvalue weighted by Crippen LogP contribution is 2.46. The molecule has 0 aliphatic heterocycles. The minimum absolute atomic E-state index is 0.0219. The van der Waals surface area contributed by atoms with E-state index in [9.17, 15) is 14.4 Å². The normalized spacial score (nSPS) is 17.5. The Morgan fingerprint density at radius 2 is 1.79 bits per heavy atom. The highest BCUT2D eigenvalue weighted by atomic mass is 32.1. The number of hydrogen-bond acceptors (Lipinski definition) is 6. The SMILES string of the molecule is CCOC(=O)c1c(C2CC2)csc1NC(=O)CN(Cc1ccc(C(=O)NC2CC2)cc1)C1CC1. The Balaban J connectivity index is 1.22. The lowest BCUT2D eigenvalue weighted by molar-refractivity contribution is -0.117. The smallest absolute Gasteiger partial charge is 0.341 e. The van der Waals surface area contributed by atoms with E-state index in [4.69, 9.17) is 4.74 Å². The zero-order valence-electron chi connectivity index (χ0n) is 19.5. The number of rotatable bonds is 11. The molecule has 1 heterocycles. The highest BCUT2D eigenvalue weighted by Gasteiger charge is 2.34. The number of carbonyl (C=O) groups is 3. The van der Waals surface area contributed by atoms with E-state index in [0.29, 0.717) is 47.3 Å². The maximum absolute atomic E-state index is 13.0. The van der Waals surface area contributed by atoms with Crippen LogP contribution < -0.4 is 10.6 Å². The fourth-order valence-electron chi connectivity index (χ4n) is 4.17. The third-order valence-corrected chi connectivity index (χ3v) is 7.41. The summed E-state index contributed by atoms with van der Waals surface area (Å²) in [5, 5.41) is 8.57. The van der Waals surface area contributed by atoms with E-state index < -0.39 is 0 Å². The molecule has 3 saturated carbocycles. The molecule has 34 heavy (non-hydrogen) atoms. The van der Waals surface area contributed by atoms with Crippen molar-refractivity contribution in [3.8, 4) is 0 Å². The van der Waals surface area contributed by atoms with Crippen molar-refractivity contribution in [1.29, 1.82) is 0 Å². The molecule has 7 nitrogen and oxygen atoms in total. The summed E-state index contributed by atoms with van der Waals surface area (Å²) in [7, 11) is 0. The van der Waals surface area contributed by atoms with Crippen LogP contribution in [0.2, 0.25) is 0 Å². The van der Waals surface area contributed by atoms with Crippen LogP contribution in [0, 0.1) is 0 Å². The lowest BCUT2D eigenvalue weighted by Crippen LogP contribution is -2.34. The molecule has 3 aliphatic rings. The van der Waals surface area contributed by atoms with Crippen molar-refractivity contribution >= 4 is 34.1 Å². The summed E-state index contributed by atoms with van der Waals surface area (Å²) in [6.07, 6.45) is 6.44. The molecule has 2 aromatic rings. The monoisotopic (exact) mass is 481 g/mol. The van der Waals surface area contributed by atoms with Gasteiger partial charge in [0.1, 0.15) is 5.00 Å². The molecule has 0 radical (unpaired) electrons. The summed E-state index contributed by atoms with van der Waals surface area (Å²) in [6.45, 7) is 3.00. The number of esters is 1. The molecule has 0 spiro atoms. The number of thiophene rings is 1. The van der Waals surface area contributed by atoms with Gasteiger partial charge in [-0.05, 0) is 80.0 Å². The number of ether oxygens (including phenoxy) is 1. The van der Waals surface area contributed by atoms with Gasteiger partial charge in [-0.15, -0.1) is 11.3 Å². The van der Waals surface area contributed by atoms with Crippen LogP contribution in [0.15, 0.2) is 29.6 Å². The van der Waals surface area contributed by atoms with Crippen LogP contribution in [0.4, 0.5) is 5.00 Å². The summed E-state index contributed by atoms with van der Waals surface area (Å²) in [5.41, 5.74) is 3.27. The van der Waals surface area contributed by atoms with Crippen molar-refractivity contribution in [1.82, 2.24) is 10.2 Å². The Labute approximate surface area is 203 Å². The van der Waals surface area contributed by atoms with Crippen molar-refractivity contribution in [2.75, 3.05) is 18.5 Å². The molecule has 3 aliphatic carbocycles. The zero-order chi connectivity index (χ0) is 23.7. The summed E-state index contributed by atoms with van der Waals surface area (Å²) in [5.74, 6) is -0.0992. The first kappa shape index (κ1) is 23.1. The van der Waals surface area contributed by atoms with Crippen LogP contribution in [-0.4, -0.2) is 47.9 Å². The van der Waals surface area contributed by atoms with Crippen LogP contribution in [0.1, 0.15) is 83.2 Å². The molecule has 180 valence electrons. The van der Waals surface area contributed by atoms with E-state index in [2.05, 4.69) is 15.5 Å². The van der Waals surface area contributed by atoms with Gasteiger partial charge in [-0.1, -0.05) is 12.1 Å². The van der Waals surface area contributed by atoms with E-state index in [1.807, 2.05) is 29.6 Å². The Morgan fingerprint density at radius 1 is 1.06 bits per heavy atom. The second kappa shape index (κ2) is 9.88. The Kier molecular flexibility index (Phi) is 6.70. The van der Waals surface area contributed by atoms with Gasteiger partial charge in [0, 0.05) is 24.2 Å². The van der Waals surface area contributed by atoms with Gasteiger partial charge in [0.05, 0.1) is 18.7 Å². The molecule has 8 heteroatoms. The lowest BCUT2D eigenvalue weighted by atomic mass is 10.1. The minimum atomic E-state index is -0.356. The summed E-state index contributed by atoms with van der Waals surface area (Å²) in [6, 6.07) is 8.37. The van der Waals surface area contributed by atoms with Crippen LogP contribution in [0.3, 0.4) is 0 Å². The van der Waals surface area contributed by atoms with Gasteiger partial charge in [-0.2, -0.15) is 0 Å². The van der Waals surface area contributed by atoms with Crippen molar-refractivity contribution in [3.63, 3.8) is 0 Å². The summed E-state index contributed by atoms with van der Waals surface area (Å²) < 4.78 is 5.26. The van der Waals surface area contributed by atoms with Crippen molar-refractivity contribution in [2.24, 2.45) is 0 Å². The Bertz CT molecular complexity index is 1070. The van der Waals surface area contributed by atoms with Crippen LogP contribution in [0.25, 0.3) is 0 Å². The van der Waals surface area contributed by atoms with Crippen LogP contribution in [-0.2, 0) is 16.1 Å². The highest BCUT2D eigenvalue weighted by molar-refractivity contribution is 7.15. The van der Waals surface area contributed by atoms with Gasteiger partial charge in [0.25, 0.3) is 5.91 Å². The first-order valence-corrected chi connectivity index (χ1v) is 13.1. The van der Waals surface area contributed by atoms with Crippen molar-refractivity contribution in [3.05, 3.63) is 51.9 Å². The second-order valence-corrected chi connectivity index (χ2v) is 10.4. The fraction of sp³-hybridized carbons (Fsp3) is 0.500. The van der Waals surface area contributed by atoms with Gasteiger partial charge in [-0.3, -0.25) is 14.5 Å². The van der Waals surface area contributed by atoms with Crippen LogP contribution >= 0.6 is 11.3 Å². The average molecular weight is 482 g/mol. The van der Waals surface area contributed by atoms with Gasteiger partial charge >= 0.3 is 5.97 Å². The van der Waals surface area contributed by atoms with E-state index in [1.54, 1.807) is 6.92 Å². The maximum Gasteiger partial charge on any atom is 0.341 e. The number of benzene rings is 1. The molecule has 0 unspecified atom stereocenters.